The maximum atomic E-state index is 11.5. The number of carbonyl (C=O) groups excluding carboxylic acids is 1. The first-order valence-corrected chi connectivity index (χ1v) is 7.52. The molecule has 18 heavy (non-hydrogen) atoms. The third kappa shape index (κ3) is 5.00. The fourth-order valence-electron chi connectivity index (χ4n) is 1.37. The molecule has 0 saturated carbocycles. The van der Waals surface area contributed by atoms with E-state index in [1.165, 1.54) is 11.8 Å². The van der Waals surface area contributed by atoms with Gasteiger partial charge in [0.05, 0.1) is 11.9 Å². The van der Waals surface area contributed by atoms with Crippen LogP contribution in [-0.2, 0) is 4.79 Å². The second-order valence-corrected chi connectivity index (χ2v) is 6.18. The first-order chi connectivity index (χ1) is 8.40. The van der Waals surface area contributed by atoms with Crippen LogP contribution in [0.2, 0.25) is 0 Å². The van der Waals surface area contributed by atoms with Crippen molar-refractivity contribution >= 4 is 33.6 Å². The summed E-state index contributed by atoms with van der Waals surface area (Å²) >= 11 is 5.00. The van der Waals surface area contributed by atoms with E-state index in [1.54, 1.807) is 6.92 Å². The predicted molar refractivity (Wildman–Crippen MR) is 79.0 cm³/mol. The van der Waals surface area contributed by atoms with Crippen LogP contribution in [0.4, 0.5) is 0 Å². The van der Waals surface area contributed by atoms with Gasteiger partial charge >= 0.3 is 0 Å². The summed E-state index contributed by atoms with van der Waals surface area (Å²) in [4.78, 5) is 12.6. The summed E-state index contributed by atoms with van der Waals surface area (Å²) in [5, 5.41) is 11.7. The maximum absolute atomic E-state index is 11.5. The number of amides is 1. The largest absolute Gasteiger partial charge is 0.392 e. The molecule has 1 aromatic rings. The summed E-state index contributed by atoms with van der Waals surface area (Å²) in [5.74, 6) is 0.315. The fraction of sp³-hybridized carbons (Fsp3) is 0.462. The van der Waals surface area contributed by atoms with E-state index < -0.39 is 6.10 Å². The number of hydrogen-bond acceptors (Lipinski definition) is 3. The van der Waals surface area contributed by atoms with E-state index in [2.05, 4.69) is 33.4 Å². The normalized spacial score (nSPS) is 12.3. The van der Waals surface area contributed by atoms with Crippen molar-refractivity contribution in [3.8, 4) is 0 Å². The first kappa shape index (κ1) is 15.5. The second-order valence-electron chi connectivity index (χ2n) is 4.31. The van der Waals surface area contributed by atoms with Gasteiger partial charge in [-0.1, -0.05) is 15.9 Å². The minimum atomic E-state index is -0.504. The Kier molecular flexibility index (Phi) is 6.18. The number of carbonyl (C=O) groups is 1. The molecule has 1 aromatic carbocycles. The van der Waals surface area contributed by atoms with Crippen molar-refractivity contribution in [2.45, 2.75) is 31.8 Å². The van der Waals surface area contributed by atoms with E-state index >= 15 is 0 Å². The van der Waals surface area contributed by atoms with E-state index in [1.807, 2.05) is 13.8 Å². The third-order valence-corrected chi connectivity index (χ3v) is 4.42. The molecule has 0 fully saturated rings. The van der Waals surface area contributed by atoms with Crippen LogP contribution in [-0.4, -0.2) is 29.4 Å². The Morgan fingerprint density at radius 2 is 2.11 bits per heavy atom. The molecular formula is C13H18BrNO2S. The number of aryl methyl sites for hydroxylation is 2. The SMILES string of the molecule is Cc1cc(SCC(=O)NCC(C)O)c(C)cc1Br. The zero-order valence-electron chi connectivity index (χ0n) is 10.8. The Labute approximate surface area is 120 Å². The number of rotatable bonds is 5. The number of benzene rings is 1. The number of aliphatic hydroxyl groups is 1. The Morgan fingerprint density at radius 1 is 1.44 bits per heavy atom. The lowest BCUT2D eigenvalue weighted by Crippen LogP contribution is -2.31. The van der Waals surface area contributed by atoms with Gasteiger partial charge in [-0.05, 0) is 44.0 Å². The summed E-state index contributed by atoms with van der Waals surface area (Å²) in [5.41, 5.74) is 2.31. The zero-order valence-corrected chi connectivity index (χ0v) is 13.2. The van der Waals surface area contributed by atoms with E-state index in [4.69, 9.17) is 5.11 Å². The van der Waals surface area contributed by atoms with Gasteiger partial charge in [0.2, 0.25) is 5.91 Å². The molecule has 1 atom stereocenters. The monoisotopic (exact) mass is 331 g/mol. The molecule has 0 heterocycles. The van der Waals surface area contributed by atoms with Crippen LogP contribution in [0.15, 0.2) is 21.5 Å². The van der Waals surface area contributed by atoms with Gasteiger partial charge in [-0.15, -0.1) is 11.8 Å². The van der Waals surface area contributed by atoms with Gasteiger partial charge in [0, 0.05) is 15.9 Å². The number of aliphatic hydroxyl groups excluding tert-OH is 1. The molecule has 0 saturated heterocycles. The van der Waals surface area contributed by atoms with Crippen LogP contribution in [0.3, 0.4) is 0 Å². The zero-order chi connectivity index (χ0) is 13.7. The van der Waals surface area contributed by atoms with Crippen molar-refractivity contribution in [3.63, 3.8) is 0 Å². The highest BCUT2D eigenvalue weighted by Gasteiger charge is 2.07. The van der Waals surface area contributed by atoms with Gasteiger partial charge in [-0.3, -0.25) is 4.79 Å². The molecule has 0 aromatic heterocycles. The molecule has 5 heteroatoms. The van der Waals surface area contributed by atoms with Crippen molar-refractivity contribution in [3.05, 3.63) is 27.7 Å². The summed E-state index contributed by atoms with van der Waals surface area (Å²) in [6.07, 6.45) is -0.504. The van der Waals surface area contributed by atoms with Crippen LogP contribution in [0, 0.1) is 13.8 Å². The Morgan fingerprint density at radius 3 is 2.72 bits per heavy atom. The molecule has 0 aliphatic rings. The molecule has 0 aliphatic carbocycles. The molecule has 3 nitrogen and oxygen atoms in total. The van der Waals surface area contributed by atoms with Crippen LogP contribution < -0.4 is 5.32 Å². The minimum Gasteiger partial charge on any atom is -0.392 e. The molecule has 0 aliphatic heterocycles. The number of nitrogens with one attached hydrogen (secondary N) is 1. The standard InChI is InChI=1S/C13H18BrNO2S/c1-8-5-12(9(2)4-11(8)14)18-7-13(17)15-6-10(3)16/h4-5,10,16H,6-7H2,1-3H3,(H,15,17). The molecule has 1 unspecified atom stereocenters. The van der Waals surface area contributed by atoms with Gasteiger partial charge in [-0.25, -0.2) is 0 Å². The van der Waals surface area contributed by atoms with Crippen LogP contribution in [0.25, 0.3) is 0 Å². The lowest BCUT2D eigenvalue weighted by Gasteiger charge is -2.10. The Bertz CT molecular complexity index is 435. The molecule has 100 valence electrons. The van der Waals surface area contributed by atoms with Crippen molar-refractivity contribution in [2.24, 2.45) is 0 Å². The van der Waals surface area contributed by atoms with Crippen molar-refractivity contribution in [1.82, 2.24) is 5.32 Å². The lowest BCUT2D eigenvalue weighted by atomic mass is 10.2. The summed E-state index contributed by atoms with van der Waals surface area (Å²) in [6, 6.07) is 4.14. The average molecular weight is 332 g/mol. The van der Waals surface area contributed by atoms with Gasteiger partial charge in [0.15, 0.2) is 0 Å². The Balaban J connectivity index is 2.53. The molecule has 2 N–H and O–H groups in total. The second kappa shape index (κ2) is 7.16. The van der Waals surface area contributed by atoms with Gasteiger partial charge < -0.3 is 10.4 Å². The van der Waals surface area contributed by atoms with Crippen LogP contribution in [0.5, 0.6) is 0 Å². The third-order valence-electron chi connectivity index (χ3n) is 2.41. The van der Waals surface area contributed by atoms with Crippen molar-refractivity contribution in [1.29, 1.82) is 0 Å². The fourth-order valence-corrected chi connectivity index (χ4v) is 2.76. The predicted octanol–water partition coefficient (Wildman–Crippen LogP) is 2.66. The lowest BCUT2D eigenvalue weighted by molar-refractivity contribution is -0.118. The van der Waals surface area contributed by atoms with E-state index in [0.29, 0.717) is 12.3 Å². The van der Waals surface area contributed by atoms with Crippen molar-refractivity contribution < 1.29 is 9.90 Å². The van der Waals surface area contributed by atoms with E-state index in [0.717, 1.165) is 20.5 Å². The molecule has 0 radical (unpaired) electrons. The minimum absolute atomic E-state index is 0.0547. The quantitative estimate of drug-likeness (QED) is 0.815. The first-order valence-electron chi connectivity index (χ1n) is 5.74. The summed E-state index contributed by atoms with van der Waals surface area (Å²) in [6.45, 7) is 6.01. The molecule has 1 rings (SSSR count). The molecule has 0 bridgehead atoms. The van der Waals surface area contributed by atoms with Crippen molar-refractivity contribution in [2.75, 3.05) is 12.3 Å². The highest BCUT2D eigenvalue weighted by Crippen LogP contribution is 2.28. The highest BCUT2D eigenvalue weighted by molar-refractivity contribution is 9.10. The molecule has 0 spiro atoms. The Hall–Kier alpha value is -0.520. The topological polar surface area (TPSA) is 49.3 Å². The van der Waals surface area contributed by atoms with E-state index in [9.17, 15) is 4.79 Å². The average Bonchev–Trinajstić information content (AvgIpc) is 2.29. The van der Waals surface area contributed by atoms with Gasteiger partial charge in [0.1, 0.15) is 0 Å². The summed E-state index contributed by atoms with van der Waals surface area (Å²) in [7, 11) is 0. The highest BCUT2D eigenvalue weighted by atomic mass is 79.9. The van der Waals surface area contributed by atoms with E-state index in [-0.39, 0.29) is 5.91 Å². The van der Waals surface area contributed by atoms with Gasteiger partial charge in [-0.2, -0.15) is 0 Å². The maximum Gasteiger partial charge on any atom is 0.230 e. The smallest absolute Gasteiger partial charge is 0.230 e. The number of thioether (sulfide) groups is 1. The summed E-state index contributed by atoms with van der Waals surface area (Å²) < 4.78 is 1.09. The number of hydrogen-bond donors (Lipinski definition) is 2. The molecular weight excluding hydrogens is 314 g/mol. The van der Waals surface area contributed by atoms with Crippen LogP contribution in [0.1, 0.15) is 18.1 Å². The number of halogens is 1. The molecule has 1 amide bonds. The van der Waals surface area contributed by atoms with Gasteiger partial charge in [0.25, 0.3) is 0 Å². The van der Waals surface area contributed by atoms with Crippen LogP contribution >= 0.6 is 27.7 Å².